The van der Waals surface area contributed by atoms with E-state index in [9.17, 15) is 4.79 Å². The van der Waals surface area contributed by atoms with Crippen molar-refractivity contribution in [3.63, 3.8) is 0 Å². The zero-order chi connectivity index (χ0) is 27.6. The zero-order valence-corrected chi connectivity index (χ0v) is 24.3. The lowest BCUT2D eigenvalue weighted by Crippen LogP contribution is -2.44. The molecule has 208 valence electrons. The summed E-state index contributed by atoms with van der Waals surface area (Å²) in [4.78, 5) is 18.9. The maximum atomic E-state index is 12.3. The Kier molecular flexibility index (Phi) is 7.88. The second-order valence-corrected chi connectivity index (χ2v) is 11.9. The van der Waals surface area contributed by atoms with Crippen molar-refractivity contribution in [1.82, 2.24) is 19.0 Å². The molecule has 1 aromatic carbocycles. The largest absolute Gasteiger partial charge is 0.492 e. The Morgan fingerprint density at radius 2 is 1.90 bits per heavy atom. The highest BCUT2D eigenvalue weighted by molar-refractivity contribution is 7.17. The van der Waals surface area contributed by atoms with Crippen molar-refractivity contribution in [3.05, 3.63) is 53.7 Å². The highest BCUT2D eigenvalue weighted by atomic mass is 32.1. The molecule has 0 unspecified atom stereocenters. The molecule has 0 spiro atoms. The van der Waals surface area contributed by atoms with Crippen molar-refractivity contribution in [2.75, 3.05) is 19.7 Å². The summed E-state index contributed by atoms with van der Waals surface area (Å²) in [6.07, 6.45) is 4.21. The number of carbonyl (C=O) groups excluding carboxylic acids is 1. The second-order valence-electron chi connectivity index (χ2n) is 10.9. The van der Waals surface area contributed by atoms with Crippen LogP contribution in [0.4, 0.5) is 4.79 Å². The Bertz CT molecular complexity index is 1420. The van der Waals surface area contributed by atoms with Gasteiger partial charge in [-0.15, -0.1) is 11.3 Å². The van der Waals surface area contributed by atoms with Crippen LogP contribution in [0.1, 0.15) is 46.2 Å². The smallest absolute Gasteiger partial charge is 0.410 e. The van der Waals surface area contributed by atoms with E-state index in [1.807, 2.05) is 51.2 Å². The minimum atomic E-state index is -0.486. The number of thiophene rings is 1. The molecule has 4 aromatic rings. The molecule has 1 aliphatic rings. The molecule has 0 atom stereocenters. The predicted molar refractivity (Wildman–Crippen MR) is 155 cm³/mol. The third-order valence-corrected chi connectivity index (χ3v) is 7.83. The van der Waals surface area contributed by atoms with Crippen LogP contribution in [0, 0.1) is 0 Å². The van der Waals surface area contributed by atoms with Crippen LogP contribution in [0.15, 0.2) is 48.0 Å². The van der Waals surface area contributed by atoms with E-state index < -0.39 is 5.60 Å². The minimum absolute atomic E-state index is 0.0551. The van der Waals surface area contributed by atoms with Gasteiger partial charge in [0.05, 0.1) is 22.5 Å². The number of hydrogen-bond acceptors (Lipinski definition) is 6. The highest BCUT2D eigenvalue weighted by Crippen LogP contribution is 2.31. The lowest BCUT2D eigenvalue weighted by atomic mass is 10.1. The number of aryl methyl sites for hydroxylation is 2. The van der Waals surface area contributed by atoms with E-state index >= 15 is 0 Å². The van der Waals surface area contributed by atoms with Gasteiger partial charge in [0.2, 0.25) is 0 Å². The maximum Gasteiger partial charge on any atom is 0.410 e. The maximum absolute atomic E-state index is 12.3. The first kappa shape index (κ1) is 27.1. The topological polar surface area (TPSA) is 70.8 Å². The summed E-state index contributed by atoms with van der Waals surface area (Å²) in [5.74, 6) is 2.53. The summed E-state index contributed by atoms with van der Waals surface area (Å²) in [7, 11) is 2.10. The third kappa shape index (κ3) is 6.24. The number of ether oxygens (including phenoxy) is 3. The Balaban J connectivity index is 1.17. The number of hydrogen-bond donors (Lipinski definition) is 0. The van der Waals surface area contributed by atoms with Gasteiger partial charge in [-0.05, 0) is 56.8 Å². The number of carbonyl (C=O) groups is 1. The fourth-order valence-corrected chi connectivity index (χ4v) is 5.83. The summed E-state index contributed by atoms with van der Waals surface area (Å²) in [6.45, 7) is 10.3. The molecule has 8 nitrogen and oxygen atoms in total. The highest BCUT2D eigenvalue weighted by Gasteiger charge is 2.27. The number of nitrogens with zero attached hydrogens (tertiary/aromatic N) is 4. The molecular formula is C30H38N4O4S. The molecule has 9 heteroatoms. The van der Waals surface area contributed by atoms with Crippen molar-refractivity contribution in [2.24, 2.45) is 7.05 Å². The zero-order valence-electron chi connectivity index (χ0n) is 23.5. The number of imidazole rings is 1. The van der Waals surface area contributed by atoms with E-state index in [0.717, 1.165) is 42.3 Å². The summed E-state index contributed by atoms with van der Waals surface area (Å²) in [5.41, 5.74) is 3.05. The quantitative estimate of drug-likeness (QED) is 0.250. The first-order valence-electron chi connectivity index (χ1n) is 13.7. The molecule has 0 radical (unpaired) electrons. The number of likely N-dealkylation sites (tertiary alicyclic amines) is 1. The molecule has 0 saturated carbocycles. The number of piperidine rings is 1. The van der Waals surface area contributed by atoms with Crippen LogP contribution in [0.25, 0.3) is 21.7 Å². The fourth-order valence-electron chi connectivity index (χ4n) is 4.98. The van der Waals surface area contributed by atoms with Gasteiger partial charge >= 0.3 is 6.09 Å². The normalized spacial score (nSPS) is 14.6. The van der Waals surface area contributed by atoms with E-state index in [-0.39, 0.29) is 12.2 Å². The molecular weight excluding hydrogens is 512 g/mol. The van der Waals surface area contributed by atoms with Crippen LogP contribution < -0.4 is 9.47 Å². The molecule has 39 heavy (non-hydrogen) atoms. The molecule has 1 saturated heterocycles. The lowest BCUT2D eigenvalue weighted by molar-refractivity contribution is 0.0126. The van der Waals surface area contributed by atoms with E-state index in [4.69, 9.17) is 19.2 Å². The van der Waals surface area contributed by atoms with Gasteiger partial charge in [0, 0.05) is 50.9 Å². The van der Waals surface area contributed by atoms with E-state index in [1.165, 1.54) is 15.9 Å². The van der Waals surface area contributed by atoms with Gasteiger partial charge in [-0.1, -0.05) is 13.0 Å². The first-order chi connectivity index (χ1) is 18.7. The van der Waals surface area contributed by atoms with Gasteiger partial charge in [0.1, 0.15) is 29.8 Å². The van der Waals surface area contributed by atoms with Gasteiger partial charge < -0.3 is 28.2 Å². The Morgan fingerprint density at radius 1 is 1.13 bits per heavy atom. The molecule has 4 heterocycles. The monoisotopic (exact) mass is 550 g/mol. The molecule has 5 rings (SSSR count). The first-order valence-corrected chi connectivity index (χ1v) is 14.5. The third-order valence-electron chi connectivity index (χ3n) is 6.98. The number of fused-ring (bicyclic) bond motifs is 1. The SMILES string of the molecule is CCc1cnc(-c2cc3sccc3n2C)n1CCOc1cccc(OC2CCN(C(=O)OC(C)(C)C)CC2)c1. The summed E-state index contributed by atoms with van der Waals surface area (Å²) >= 11 is 1.75. The van der Waals surface area contributed by atoms with Crippen molar-refractivity contribution in [2.45, 2.75) is 65.2 Å². The second kappa shape index (κ2) is 11.3. The van der Waals surface area contributed by atoms with E-state index in [1.54, 1.807) is 16.2 Å². The Hall–Kier alpha value is -3.46. The number of amides is 1. The molecule has 1 aliphatic heterocycles. The molecule has 0 N–H and O–H groups in total. The molecule has 0 bridgehead atoms. The Morgan fingerprint density at radius 3 is 2.62 bits per heavy atom. The molecule has 1 amide bonds. The van der Waals surface area contributed by atoms with Gasteiger partial charge in [-0.2, -0.15) is 0 Å². The predicted octanol–water partition coefficient (Wildman–Crippen LogP) is 6.52. The summed E-state index contributed by atoms with van der Waals surface area (Å²) < 4.78 is 23.7. The van der Waals surface area contributed by atoms with E-state index in [2.05, 4.69) is 40.6 Å². The van der Waals surface area contributed by atoms with Crippen molar-refractivity contribution in [3.8, 4) is 23.0 Å². The molecule has 0 aliphatic carbocycles. The van der Waals surface area contributed by atoms with Crippen LogP contribution >= 0.6 is 11.3 Å². The van der Waals surface area contributed by atoms with Gasteiger partial charge in [-0.3, -0.25) is 0 Å². The summed E-state index contributed by atoms with van der Waals surface area (Å²) in [5, 5.41) is 2.12. The molecule has 1 fully saturated rings. The van der Waals surface area contributed by atoms with E-state index in [0.29, 0.717) is 26.2 Å². The number of aromatic nitrogens is 3. The van der Waals surface area contributed by atoms with Gasteiger partial charge in [0.25, 0.3) is 0 Å². The summed E-state index contributed by atoms with van der Waals surface area (Å²) in [6, 6.07) is 12.2. The average molecular weight is 551 g/mol. The minimum Gasteiger partial charge on any atom is -0.492 e. The number of rotatable bonds is 8. The Labute approximate surface area is 234 Å². The standard InChI is InChI=1S/C30H38N4O4S/c1-6-21-20-31-28(26-19-27-25(32(26)5)12-17-39-27)34(21)15-16-36-23-8-7-9-24(18-23)37-22-10-13-33(14-11-22)29(35)38-30(2,3)4/h7-9,12,17-20,22H,6,10-11,13-16H2,1-5H3. The van der Waals surface area contributed by atoms with Crippen LogP contribution in [-0.2, 0) is 24.8 Å². The van der Waals surface area contributed by atoms with Crippen LogP contribution in [0.5, 0.6) is 11.5 Å². The van der Waals surface area contributed by atoms with Crippen molar-refractivity contribution in [1.29, 1.82) is 0 Å². The number of benzene rings is 1. The van der Waals surface area contributed by atoms with Gasteiger partial charge in [-0.25, -0.2) is 9.78 Å². The van der Waals surface area contributed by atoms with Gasteiger partial charge in [0.15, 0.2) is 5.82 Å². The van der Waals surface area contributed by atoms with Crippen molar-refractivity contribution >= 4 is 27.6 Å². The molecule has 3 aromatic heterocycles. The average Bonchev–Trinajstić information content (AvgIpc) is 3.60. The van der Waals surface area contributed by atoms with Crippen molar-refractivity contribution < 1.29 is 19.0 Å². The lowest BCUT2D eigenvalue weighted by Gasteiger charge is -2.33. The van der Waals surface area contributed by atoms with Crippen LogP contribution in [0.2, 0.25) is 0 Å². The van der Waals surface area contributed by atoms with Crippen LogP contribution in [0.3, 0.4) is 0 Å². The fraction of sp³-hybridized carbons (Fsp3) is 0.467. The van der Waals surface area contributed by atoms with Crippen LogP contribution in [-0.4, -0.2) is 56.5 Å².